The van der Waals surface area contributed by atoms with Crippen LogP contribution in [0.4, 0.5) is 0 Å². The lowest BCUT2D eigenvalue weighted by molar-refractivity contribution is -0.153. The summed E-state index contributed by atoms with van der Waals surface area (Å²) >= 11 is 0. The van der Waals surface area contributed by atoms with Gasteiger partial charge in [0.05, 0.1) is 26.9 Å². The van der Waals surface area contributed by atoms with E-state index in [1.54, 1.807) is 0 Å². The van der Waals surface area contributed by atoms with E-state index in [0.29, 0.717) is 32.8 Å². The average Bonchev–Trinajstić information content (AvgIpc) is 3.25. The van der Waals surface area contributed by atoms with E-state index in [1.807, 2.05) is 17.0 Å². The van der Waals surface area contributed by atoms with Crippen LogP contribution in [0.3, 0.4) is 0 Å². The zero-order chi connectivity index (χ0) is 16.7. The fraction of sp³-hybridized carbons (Fsp3) is 0.556. The lowest BCUT2D eigenvalue weighted by Crippen LogP contribution is -2.42. The number of fused-ring (bicyclic) bond motifs is 2. The number of benzene rings is 1. The highest BCUT2D eigenvalue weighted by Gasteiger charge is 2.57. The topological polar surface area (TPSA) is 59.1 Å². The molecule has 0 aromatic heterocycles. The van der Waals surface area contributed by atoms with Crippen LogP contribution in [0.15, 0.2) is 24.3 Å². The lowest BCUT2D eigenvalue weighted by Gasteiger charge is -2.25. The largest absolute Gasteiger partial charge is 0.468 e. The summed E-state index contributed by atoms with van der Waals surface area (Å²) in [7, 11) is 1.40. The van der Waals surface area contributed by atoms with Crippen molar-refractivity contribution in [2.24, 2.45) is 11.3 Å². The van der Waals surface area contributed by atoms with E-state index in [9.17, 15) is 9.59 Å². The molecule has 7 heteroatoms. The third-order valence-electron chi connectivity index (χ3n) is 5.58. The van der Waals surface area contributed by atoms with Crippen molar-refractivity contribution in [3.05, 3.63) is 35.4 Å². The number of hydrogen-bond donors (Lipinski definition) is 0. The molecule has 25 heavy (non-hydrogen) atoms. The van der Waals surface area contributed by atoms with Crippen LogP contribution in [-0.4, -0.2) is 61.6 Å². The molecule has 3 aliphatic heterocycles. The van der Waals surface area contributed by atoms with Crippen molar-refractivity contribution in [3.8, 4) is 0 Å². The SMILES string of the molecule is COC(=O)[C@@]12COC[C@@H]1CN(C(=O)CN1Cc3ccccc3C1)C2.Cl. The fourth-order valence-corrected chi connectivity index (χ4v) is 4.22. The van der Waals surface area contributed by atoms with Crippen LogP contribution in [-0.2, 0) is 32.2 Å². The van der Waals surface area contributed by atoms with E-state index >= 15 is 0 Å². The molecule has 0 unspecified atom stereocenters. The molecule has 0 spiro atoms. The van der Waals surface area contributed by atoms with Crippen molar-refractivity contribution in [2.75, 3.05) is 40.0 Å². The first-order valence-corrected chi connectivity index (χ1v) is 8.35. The first-order valence-electron chi connectivity index (χ1n) is 8.35. The number of carbonyl (C=O) groups is 2. The van der Waals surface area contributed by atoms with Crippen molar-refractivity contribution < 1.29 is 19.1 Å². The molecular weight excluding hydrogens is 344 g/mol. The Morgan fingerprint density at radius 1 is 1.28 bits per heavy atom. The van der Waals surface area contributed by atoms with Gasteiger partial charge in [-0.05, 0) is 11.1 Å². The second kappa shape index (κ2) is 6.94. The summed E-state index contributed by atoms with van der Waals surface area (Å²) in [4.78, 5) is 28.9. The summed E-state index contributed by atoms with van der Waals surface area (Å²) in [6, 6.07) is 8.30. The van der Waals surface area contributed by atoms with Gasteiger partial charge in [-0.2, -0.15) is 0 Å². The second-order valence-electron chi connectivity index (χ2n) is 7.05. The summed E-state index contributed by atoms with van der Waals surface area (Å²) in [5, 5.41) is 0. The molecule has 3 aliphatic rings. The highest BCUT2D eigenvalue weighted by Crippen LogP contribution is 2.42. The molecule has 0 saturated carbocycles. The van der Waals surface area contributed by atoms with E-state index in [2.05, 4.69) is 17.0 Å². The van der Waals surface area contributed by atoms with Crippen LogP contribution in [0, 0.1) is 11.3 Å². The quantitative estimate of drug-likeness (QED) is 0.749. The Balaban J connectivity index is 0.00000182. The van der Waals surface area contributed by atoms with Crippen LogP contribution in [0.5, 0.6) is 0 Å². The maximum Gasteiger partial charge on any atom is 0.316 e. The van der Waals surface area contributed by atoms with E-state index in [1.165, 1.54) is 18.2 Å². The van der Waals surface area contributed by atoms with Gasteiger partial charge in [0.2, 0.25) is 5.91 Å². The van der Waals surface area contributed by atoms with Crippen LogP contribution >= 0.6 is 12.4 Å². The molecule has 0 bridgehead atoms. The first-order chi connectivity index (χ1) is 11.6. The highest BCUT2D eigenvalue weighted by molar-refractivity contribution is 5.85. The maximum atomic E-state index is 12.7. The summed E-state index contributed by atoms with van der Waals surface area (Å²) in [5.41, 5.74) is 1.92. The van der Waals surface area contributed by atoms with Gasteiger partial charge in [-0.1, -0.05) is 24.3 Å². The number of methoxy groups -OCH3 is 1. The van der Waals surface area contributed by atoms with Crippen molar-refractivity contribution in [1.29, 1.82) is 0 Å². The molecular formula is C18H23ClN2O4. The van der Waals surface area contributed by atoms with Gasteiger partial charge in [0, 0.05) is 32.1 Å². The number of hydrogen-bond acceptors (Lipinski definition) is 5. The van der Waals surface area contributed by atoms with E-state index in [0.717, 1.165) is 13.1 Å². The van der Waals surface area contributed by atoms with Crippen LogP contribution in [0.2, 0.25) is 0 Å². The standard InChI is InChI=1S/C18H22N2O4.ClH/c1-23-17(22)18-11-20(8-15(18)10-24-12-18)16(21)9-19-6-13-4-2-3-5-14(13)7-19;/h2-5,15H,6-12H2,1H3;1H/t15-,18-;/m0./s1. The fourth-order valence-electron chi connectivity index (χ4n) is 4.22. The van der Waals surface area contributed by atoms with E-state index in [-0.39, 0.29) is 30.2 Å². The maximum absolute atomic E-state index is 12.7. The molecule has 2 saturated heterocycles. The Morgan fingerprint density at radius 3 is 2.60 bits per heavy atom. The van der Waals surface area contributed by atoms with Gasteiger partial charge in [-0.25, -0.2) is 0 Å². The molecule has 0 radical (unpaired) electrons. The Labute approximate surface area is 153 Å². The van der Waals surface area contributed by atoms with Gasteiger partial charge in [0.25, 0.3) is 0 Å². The molecule has 6 nitrogen and oxygen atoms in total. The molecule has 4 rings (SSSR count). The van der Waals surface area contributed by atoms with Crippen LogP contribution < -0.4 is 0 Å². The van der Waals surface area contributed by atoms with Gasteiger partial charge < -0.3 is 14.4 Å². The van der Waals surface area contributed by atoms with Crippen molar-refractivity contribution in [3.63, 3.8) is 0 Å². The van der Waals surface area contributed by atoms with E-state index in [4.69, 9.17) is 9.47 Å². The summed E-state index contributed by atoms with van der Waals surface area (Å²) in [6.45, 7) is 3.87. The van der Waals surface area contributed by atoms with Gasteiger partial charge in [-0.3, -0.25) is 14.5 Å². The summed E-state index contributed by atoms with van der Waals surface area (Å²) in [6.07, 6.45) is 0. The predicted molar refractivity (Wildman–Crippen MR) is 93.1 cm³/mol. The molecule has 1 amide bonds. The number of ether oxygens (including phenoxy) is 2. The first kappa shape index (κ1) is 18.2. The van der Waals surface area contributed by atoms with Crippen LogP contribution in [0.1, 0.15) is 11.1 Å². The average molecular weight is 367 g/mol. The van der Waals surface area contributed by atoms with Gasteiger partial charge in [0.15, 0.2) is 0 Å². The molecule has 2 fully saturated rings. The van der Waals surface area contributed by atoms with Gasteiger partial charge >= 0.3 is 5.97 Å². The predicted octanol–water partition coefficient (Wildman–Crippen LogP) is 1.07. The normalized spacial score (nSPS) is 27.6. The van der Waals surface area contributed by atoms with Crippen LogP contribution in [0.25, 0.3) is 0 Å². The minimum atomic E-state index is -0.668. The third kappa shape index (κ3) is 3.03. The zero-order valence-electron chi connectivity index (χ0n) is 14.3. The number of halogens is 1. The van der Waals surface area contributed by atoms with Crippen molar-refractivity contribution >= 4 is 24.3 Å². The summed E-state index contributed by atoms with van der Waals surface area (Å²) < 4.78 is 10.5. The van der Waals surface area contributed by atoms with Crippen molar-refractivity contribution in [2.45, 2.75) is 13.1 Å². The van der Waals surface area contributed by atoms with E-state index < -0.39 is 5.41 Å². The molecule has 2 atom stereocenters. The molecule has 3 heterocycles. The molecule has 1 aromatic rings. The number of nitrogens with zero attached hydrogens (tertiary/aromatic N) is 2. The number of carbonyl (C=O) groups excluding carboxylic acids is 2. The Hall–Kier alpha value is -1.63. The Bertz CT molecular complexity index is 658. The minimum absolute atomic E-state index is 0. The summed E-state index contributed by atoms with van der Waals surface area (Å²) in [5.74, 6) is -0.126. The minimum Gasteiger partial charge on any atom is -0.468 e. The molecule has 136 valence electrons. The molecule has 0 N–H and O–H groups in total. The Kier molecular flexibility index (Phi) is 5.04. The smallest absolute Gasteiger partial charge is 0.316 e. The molecule has 1 aromatic carbocycles. The monoisotopic (exact) mass is 366 g/mol. The third-order valence-corrected chi connectivity index (χ3v) is 5.58. The van der Waals surface area contributed by atoms with Gasteiger partial charge in [0.1, 0.15) is 5.41 Å². The molecule has 0 aliphatic carbocycles. The number of rotatable bonds is 3. The van der Waals surface area contributed by atoms with Crippen molar-refractivity contribution in [1.82, 2.24) is 9.80 Å². The number of esters is 1. The lowest BCUT2D eigenvalue weighted by atomic mass is 9.81. The van der Waals surface area contributed by atoms with Gasteiger partial charge in [-0.15, -0.1) is 12.4 Å². The second-order valence-corrected chi connectivity index (χ2v) is 7.05. The highest BCUT2D eigenvalue weighted by atomic mass is 35.5. The number of amides is 1. The number of likely N-dealkylation sites (tertiary alicyclic amines) is 1. The zero-order valence-corrected chi connectivity index (χ0v) is 15.1. The Morgan fingerprint density at radius 2 is 1.96 bits per heavy atom.